The Bertz CT molecular complexity index is 1130. The van der Waals surface area contributed by atoms with Crippen molar-refractivity contribution in [2.45, 2.75) is 13.8 Å². The molecule has 0 N–H and O–H groups in total. The fourth-order valence-electron chi connectivity index (χ4n) is 3.86. The minimum Gasteiger partial charge on any atom is -0.497 e. The van der Waals surface area contributed by atoms with E-state index < -0.39 is 5.63 Å². The lowest BCUT2D eigenvalue weighted by Crippen LogP contribution is -2.49. The lowest BCUT2D eigenvalue weighted by Gasteiger charge is -2.36. The van der Waals surface area contributed by atoms with E-state index >= 15 is 0 Å². The third-order valence-corrected chi connectivity index (χ3v) is 5.43. The average molecular weight is 392 g/mol. The van der Waals surface area contributed by atoms with Gasteiger partial charge in [-0.1, -0.05) is 17.7 Å². The Balaban J connectivity index is 1.53. The fourth-order valence-corrected chi connectivity index (χ4v) is 3.86. The van der Waals surface area contributed by atoms with Gasteiger partial charge in [0.1, 0.15) is 16.9 Å². The fraction of sp³-hybridized carbons (Fsp3) is 0.304. The van der Waals surface area contributed by atoms with Crippen molar-refractivity contribution in [2.75, 3.05) is 38.2 Å². The van der Waals surface area contributed by atoms with E-state index in [2.05, 4.69) is 36.9 Å². The van der Waals surface area contributed by atoms with E-state index in [1.165, 1.54) is 16.8 Å². The lowest BCUT2D eigenvalue weighted by molar-refractivity contribution is 0.0742. The van der Waals surface area contributed by atoms with Crippen LogP contribution in [0.4, 0.5) is 5.69 Å². The monoisotopic (exact) mass is 392 g/mol. The first-order valence-corrected chi connectivity index (χ1v) is 9.69. The Labute approximate surface area is 169 Å². The van der Waals surface area contributed by atoms with Crippen LogP contribution in [0, 0.1) is 13.8 Å². The van der Waals surface area contributed by atoms with E-state index in [4.69, 9.17) is 9.15 Å². The molecule has 0 aliphatic carbocycles. The van der Waals surface area contributed by atoms with E-state index in [-0.39, 0.29) is 11.5 Å². The van der Waals surface area contributed by atoms with Gasteiger partial charge in [0.15, 0.2) is 0 Å². The summed E-state index contributed by atoms with van der Waals surface area (Å²) in [6.45, 7) is 6.75. The van der Waals surface area contributed by atoms with Crippen LogP contribution in [-0.4, -0.2) is 44.1 Å². The smallest absolute Gasteiger partial charge is 0.349 e. The molecule has 1 aliphatic rings. The van der Waals surface area contributed by atoms with Crippen molar-refractivity contribution in [1.82, 2.24) is 4.90 Å². The zero-order chi connectivity index (χ0) is 20.5. The summed E-state index contributed by atoms with van der Waals surface area (Å²) >= 11 is 0. The molecule has 2 heterocycles. The first-order valence-electron chi connectivity index (χ1n) is 9.69. The van der Waals surface area contributed by atoms with Crippen LogP contribution in [0.2, 0.25) is 0 Å². The van der Waals surface area contributed by atoms with Gasteiger partial charge >= 0.3 is 5.63 Å². The molecular weight excluding hydrogens is 368 g/mol. The first kappa shape index (κ1) is 19.1. The van der Waals surface area contributed by atoms with Crippen molar-refractivity contribution >= 4 is 22.6 Å². The average Bonchev–Trinajstić information content (AvgIpc) is 2.72. The lowest BCUT2D eigenvalue weighted by atomic mass is 10.1. The Kier molecular flexibility index (Phi) is 5.01. The van der Waals surface area contributed by atoms with E-state index in [0.717, 1.165) is 13.1 Å². The number of amides is 1. The van der Waals surface area contributed by atoms with Gasteiger partial charge in [-0.2, -0.15) is 0 Å². The number of aryl methyl sites for hydroxylation is 2. The zero-order valence-corrected chi connectivity index (χ0v) is 16.9. The van der Waals surface area contributed by atoms with Crippen LogP contribution in [0.5, 0.6) is 5.75 Å². The van der Waals surface area contributed by atoms with Gasteiger partial charge in [-0.05, 0) is 49.7 Å². The number of benzene rings is 2. The summed E-state index contributed by atoms with van der Waals surface area (Å²) in [4.78, 5) is 29.4. The molecule has 0 saturated carbocycles. The van der Waals surface area contributed by atoms with Gasteiger partial charge in [0.25, 0.3) is 5.91 Å². The van der Waals surface area contributed by atoms with Gasteiger partial charge in [-0.15, -0.1) is 0 Å². The maximum atomic E-state index is 13.0. The SMILES string of the molecule is COc1ccc2oc(=O)c(C(=O)N3CCN(c4ccc(C)cc4C)CC3)cc2c1. The van der Waals surface area contributed by atoms with Gasteiger partial charge in [0.05, 0.1) is 7.11 Å². The number of hydrogen-bond acceptors (Lipinski definition) is 5. The van der Waals surface area contributed by atoms with Gasteiger partial charge in [0, 0.05) is 37.3 Å². The summed E-state index contributed by atoms with van der Waals surface area (Å²) in [5.41, 5.74) is 3.55. The van der Waals surface area contributed by atoms with Crippen LogP contribution in [-0.2, 0) is 0 Å². The number of methoxy groups -OCH3 is 1. The molecule has 0 bridgehead atoms. The molecule has 0 radical (unpaired) electrons. The summed E-state index contributed by atoms with van der Waals surface area (Å²) in [7, 11) is 1.57. The summed E-state index contributed by atoms with van der Waals surface area (Å²) in [5.74, 6) is 0.357. The predicted molar refractivity (Wildman–Crippen MR) is 113 cm³/mol. The maximum Gasteiger partial charge on any atom is 0.349 e. The number of hydrogen-bond donors (Lipinski definition) is 0. The van der Waals surface area contributed by atoms with Crippen molar-refractivity contribution in [1.29, 1.82) is 0 Å². The third kappa shape index (κ3) is 3.70. The Morgan fingerprint density at radius 1 is 1.00 bits per heavy atom. The molecular formula is C23H24N2O4. The van der Waals surface area contributed by atoms with Gasteiger partial charge in [-0.3, -0.25) is 4.79 Å². The molecule has 150 valence electrons. The zero-order valence-electron chi connectivity index (χ0n) is 16.9. The molecule has 0 atom stereocenters. The minimum atomic E-state index is -0.607. The number of anilines is 1. The molecule has 2 aromatic carbocycles. The summed E-state index contributed by atoms with van der Waals surface area (Å²) in [6, 6.07) is 13.2. The van der Waals surface area contributed by atoms with Crippen LogP contribution in [0.15, 0.2) is 51.7 Å². The largest absolute Gasteiger partial charge is 0.497 e. The topological polar surface area (TPSA) is 63.0 Å². The highest BCUT2D eigenvalue weighted by molar-refractivity contribution is 5.97. The predicted octanol–water partition coefficient (Wildman–Crippen LogP) is 3.38. The molecule has 1 fully saturated rings. The number of carbonyl (C=O) groups excluding carboxylic acids is 1. The number of fused-ring (bicyclic) bond motifs is 1. The molecule has 29 heavy (non-hydrogen) atoms. The Hall–Kier alpha value is -3.28. The molecule has 4 rings (SSSR count). The van der Waals surface area contributed by atoms with E-state index in [1.807, 2.05) is 0 Å². The van der Waals surface area contributed by atoms with E-state index in [0.29, 0.717) is 29.8 Å². The van der Waals surface area contributed by atoms with Gasteiger partial charge in [-0.25, -0.2) is 4.79 Å². The molecule has 6 nitrogen and oxygen atoms in total. The summed E-state index contributed by atoms with van der Waals surface area (Å²) in [6.07, 6.45) is 0. The van der Waals surface area contributed by atoms with Crippen LogP contribution in [0.25, 0.3) is 11.0 Å². The molecule has 0 unspecified atom stereocenters. The normalized spacial score (nSPS) is 14.3. The quantitative estimate of drug-likeness (QED) is 0.640. The molecule has 3 aromatic rings. The molecule has 0 spiro atoms. The number of piperazine rings is 1. The number of nitrogens with zero attached hydrogens (tertiary/aromatic N) is 2. The molecule has 1 aromatic heterocycles. The first-order chi connectivity index (χ1) is 14.0. The molecule has 6 heteroatoms. The van der Waals surface area contributed by atoms with Crippen molar-refractivity contribution in [3.63, 3.8) is 0 Å². The third-order valence-electron chi connectivity index (χ3n) is 5.43. The maximum absolute atomic E-state index is 13.0. The van der Waals surface area contributed by atoms with Crippen molar-refractivity contribution in [2.24, 2.45) is 0 Å². The van der Waals surface area contributed by atoms with Crippen LogP contribution in [0.3, 0.4) is 0 Å². The highest BCUT2D eigenvalue weighted by Crippen LogP contribution is 2.24. The van der Waals surface area contributed by atoms with Crippen LogP contribution < -0.4 is 15.3 Å². The van der Waals surface area contributed by atoms with E-state index in [1.54, 1.807) is 36.3 Å². The summed E-state index contributed by atoms with van der Waals surface area (Å²) < 4.78 is 10.6. The second kappa shape index (κ2) is 7.62. The summed E-state index contributed by atoms with van der Waals surface area (Å²) in [5, 5.41) is 0.668. The second-order valence-corrected chi connectivity index (χ2v) is 7.42. The van der Waals surface area contributed by atoms with E-state index in [9.17, 15) is 9.59 Å². The highest BCUT2D eigenvalue weighted by atomic mass is 16.5. The van der Waals surface area contributed by atoms with Crippen LogP contribution >= 0.6 is 0 Å². The standard InChI is InChI=1S/C23H24N2O4/c1-15-4-6-20(16(2)12-15)24-8-10-25(11-9-24)22(26)19-14-17-13-18(28-3)5-7-21(17)29-23(19)27/h4-7,12-14H,8-11H2,1-3H3. The van der Waals surface area contributed by atoms with Crippen LogP contribution in [0.1, 0.15) is 21.5 Å². The number of ether oxygens (including phenoxy) is 1. The van der Waals surface area contributed by atoms with Crippen molar-refractivity contribution in [3.05, 3.63) is 69.6 Å². The highest BCUT2D eigenvalue weighted by Gasteiger charge is 2.25. The minimum absolute atomic E-state index is 0.0609. The number of rotatable bonds is 3. The van der Waals surface area contributed by atoms with Gasteiger partial charge in [0.2, 0.25) is 0 Å². The molecule has 1 saturated heterocycles. The number of carbonyl (C=O) groups is 1. The molecule has 1 aliphatic heterocycles. The second-order valence-electron chi connectivity index (χ2n) is 7.42. The van der Waals surface area contributed by atoms with Gasteiger partial charge < -0.3 is 19.0 Å². The van der Waals surface area contributed by atoms with Crippen molar-refractivity contribution in [3.8, 4) is 5.75 Å². The Morgan fingerprint density at radius 2 is 1.76 bits per heavy atom. The molecule has 1 amide bonds. The Morgan fingerprint density at radius 3 is 2.45 bits per heavy atom. The van der Waals surface area contributed by atoms with Crippen molar-refractivity contribution < 1.29 is 13.9 Å².